The van der Waals surface area contributed by atoms with Gasteiger partial charge in [0.1, 0.15) is 0 Å². The van der Waals surface area contributed by atoms with Gasteiger partial charge in [0.25, 0.3) is 0 Å². The fraction of sp³-hybridized carbons (Fsp3) is 0.111. The first-order valence-electron chi connectivity index (χ1n) is 7.37. The maximum absolute atomic E-state index is 12.7. The Labute approximate surface area is 146 Å². The Morgan fingerprint density at radius 2 is 1.84 bits per heavy atom. The molecule has 1 aromatic heterocycles. The number of nitrogens with zero attached hydrogens (tertiary/aromatic N) is 1. The molecule has 3 rings (SSSR count). The minimum absolute atomic E-state index is 0.00450. The summed E-state index contributed by atoms with van der Waals surface area (Å²) in [4.78, 5) is 16.8. The van der Waals surface area contributed by atoms with Gasteiger partial charge in [-0.1, -0.05) is 24.3 Å². The van der Waals surface area contributed by atoms with E-state index in [-0.39, 0.29) is 11.7 Å². The van der Waals surface area contributed by atoms with E-state index < -0.39 is 11.7 Å². The number of carbonyl (C=O) groups excluding carboxylic acids is 1. The van der Waals surface area contributed by atoms with E-state index in [1.165, 1.54) is 6.07 Å². The van der Waals surface area contributed by atoms with Crippen molar-refractivity contribution >= 4 is 34.3 Å². The van der Waals surface area contributed by atoms with E-state index in [0.29, 0.717) is 16.1 Å². The number of nitrogens with one attached hydrogen (secondary N) is 1. The first kappa shape index (κ1) is 17.3. The molecule has 0 aliphatic carbocycles. The predicted octanol–water partition coefficient (Wildman–Crippen LogP) is 4.98. The number of carbonyl (C=O) groups is 1. The van der Waals surface area contributed by atoms with Crippen molar-refractivity contribution in [2.45, 2.75) is 11.1 Å². The number of fused-ring (bicyclic) bond motifs is 1. The van der Waals surface area contributed by atoms with E-state index in [2.05, 4.69) is 10.3 Å². The molecule has 0 bridgehead atoms. The summed E-state index contributed by atoms with van der Waals surface area (Å²) in [7, 11) is 0. The summed E-state index contributed by atoms with van der Waals surface area (Å²) >= 11 is 1.05. The predicted molar refractivity (Wildman–Crippen MR) is 92.5 cm³/mol. The number of thioether (sulfide) groups is 1. The number of halogens is 3. The fourth-order valence-corrected chi connectivity index (χ4v) is 3.06. The Morgan fingerprint density at radius 3 is 2.64 bits per heavy atom. The van der Waals surface area contributed by atoms with E-state index in [0.717, 1.165) is 29.3 Å². The van der Waals surface area contributed by atoms with Crippen LogP contribution in [0.3, 0.4) is 0 Å². The lowest BCUT2D eigenvalue weighted by Crippen LogP contribution is -2.14. The number of hydrogen-bond acceptors (Lipinski definition) is 3. The zero-order valence-electron chi connectivity index (χ0n) is 12.9. The van der Waals surface area contributed by atoms with Crippen LogP contribution in [-0.2, 0) is 11.0 Å². The third-order valence-corrected chi connectivity index (χ3v) is 4.43. The number of rotatable bonds is 4. The van der Waals surface area contributed by atoms with Crippen molar-refractivity contribution in [2.24, 2.45) is 0 Å². The third-order valence-electron chi connectivity index (χ3n) is 3.44. The van der Waals surface area contributed by atoms with Crippen LogP contribution in [0.15, 0.2) is 65.7 Å². The Balaban J connectivity index is 1.67. The van der Waals surface area contributed by atoms with Crippen LogP contribution >= 0.6 is 11.8 Å². The van der Waals surface area contributed by atoms with Crippen molar-refractivity contribution in [3.8, 4) is 0 Å². The number of amides is 1. The Morgan fingerprint density at radius 1 is 1.08 bits per heavy atom. The van der Waals surface area contributed by atoms with Gasteiger partial charge in [0, 0.05) is 16.5 Å². The first-order valence-corrected chi connectivity index (χ1v) is 8.36. The van der Waals surface area contributed by atoms with E-state index >= 15 is 0 Å². The van der Waals surface area contributed by atoms with Crippen molar-refractivity contribution in [3.63, 3.8) is 0 Å². The van der Waals surface area contributed by atoms with Gasteiger partial charge in [0.2, 0.25) is 5.91 Å². The summed E-state index contributed by atoms with van der Waals surface area (Å²) in [5.41, 5.74) is 0.520. The molecular weight excluding hydrogens is 349 g/mol. The highest BCUT2D eigenvalue weighted by Gasteiger charge is 2.30. The summed E-state index contributed by atoms with van der Waals surface area (Å²) in [6, 6.07) is 14.0. The number of aromatic nitrogens is 1. The largest absolute Gasteiger partial charge is 0.416 e. The van der Waals surface area contributed by atoms with Crippen LogP contribution in [-0.4, -0.2) is 16.6 Å². The number of pyridine rings is 1. The quantitative estimate of drug-likeness (QED) is 0.665. The second-order valence-corrected chi connectivity index (χ2v) is 6.29. The van der Waals surface area contributed by atoms with Gasteiger partial charge in [-0.25, -0.2) is 0 Å². The number of alkyl halides is 3. The lowest BCUT2D eigenvalue weighted by atomic mass is 10.2. The number of para-hydroxylation sites is 1. The third kappa shape index (κ3) is 4.30. The number of anilines is 1. The molecule has 25 heavy (non-hydrogen) atoms. The maximum Gasteiger partial charge on any atom is 0.416 e. The molecule has 1 N–H and O–H groups in total. The molecular formula is C18H13F3N2OS. The highest BCUT2D eigenvalue weighted by atomic mass is 32.2. The van der Waals surface area contributed by atoms with Crippen LogP contribution in [0.2, 0.25) is 0 Å². The van der Waals surface area contributed by atoms with Crippen LogP contribution in [0.25, 0.3) is 10.9 Å². The molecule has 0 saturated carbocycles. The summed E-state index contributed by atoms with van der Waals surface area (Å²) in [5.74, 6) is -0.301. The van der Waals surface area contributed by atoms with Crippen molar-refractivity contribution < 1.29 is 18.0 Å². The van der Waals surface area contributed by atoms with E-state index in [1.54, 1.807) is 30.5 Å². The summed E-state index contributed by atoms with van der Waals surface area (Å²) < 4.78 is 38.1. The molecule has 7 heteroatoms. The highest BCUT2D eigenvalue weighted by molar-refractivity contribution is 8.00. The second kappa shape index (κ2) is 7.14. The Hall–Kier alpha value is -2.54. The first-order chi connectivity index (χ1) is 11.9. The zero-order chi connectivity index (χ0) is 17.9. The van der Waals surface area contributed by atoms with E-state index in [9.17, 15) is 18.0 Å². The summed E-state index contributed by atoms with van der Waals surface area (Å²) in [6.45, 7) is 0. The molecule has 1 heterocycles. The minimum Gasteiger partial charge on any atom is -0.323 e. The highest BCUT2D eigenvalue weighted by Crippen LogP contribution is 2.32. The molecule has 3 nitrogen and oxygen atoms in total. The standard InChI is InChI=1S/C18H13F3N2OS/c19-18(20,21)13-6-2-7-14(10-13)25-11-16(24)23-15-8-1-4-12-5-3-9-22-17(12)15/h1-10H,11H2,(H,23,24). The van der Waals surface area contributed by atoms with Gasteiger partial charge in [0.15, 0.2) is 0 Å². The SMILES string of the molecule is O=C(CSc1cccc(C(F)(F)F)c1)Nc1cccc2cccnc12. The number of hydrogen-bond donors (Lipinski definition) is 1. The van der Waals surface area contributed by atoms with E-state index in [4.69, 9.17) is 0 Å². The second-order valence-electron chi connectivity index (χ2n) is 5.24. The number of benzene rings is 2. The van der Waals surface area contributed by atoms with Crippen LogP contribution in [0.5, 0.6) is 0 Å². The molecule has 0 radical (unpaired) electrons. The molecule has 0 atom stereocenters. The fourth-order valence-electron chi connectivity index (χ4n) is 2.30. The topological polar surface area (TPSA) is 42.0 Å². The molecule has 2 aromatic carbocycles. The summed E-state index contributed by atoms with van der Waals surface area (Å²) in [5, 5.41) is 3.65. The van der Waals surface area contributed by atoms with Gasteiger partial charge >= 0.3 is 6.18 Å². The van der Waals surface area contributed by atoms with Gasteiger partial charge in [-0.3, -0.25) is 9.78 Å². The molecule has 0 aliphatic heterocycles. The van der Waals surface area contributed by atoms with Crippen molar-refractivity contribution in [1.82, 2.24) is 4.98 Å². The van der Waals surface area contributed by atoms with Crippen molar-refractivity contribution in [1.29, 1.82) is 0 Å². The summed E-state index contributed by atoms with van der Waals surface area (Å²) in [6.07, 6.45) is -2.76. The molecule has 0 unspecified atom stereocenters. The van der Waals surface area contributed by atoms with Gasteiger partial charge in [-0.15, -0.1) is 11.8 Å². The monoisotopic (exact) mass is 362 g/mol. The molecule has 0 saturated heterocycles. The average Bonchev–Trinajstić information content (AvgIpc) is 2.60. The van der Waals surface area contributed by atoms with Crippen LogP contribution in [0, 0.1) is 0 Å². The van der Waals surface area contributed by atoms with Crippen LogP contribution in [0.1, 0.15) is 5.56 Å². The van der Waals surface area contributed by atoms with Crippen molar-refractivity contribution in [2.75, 3.05) is 11.1 Å². The van der Waals surface area contributed by atoms with Gasteiger partial charge in [-0.05, 0) is 30.3 Å². The molecule has 1 amide bonds. The van der Waals surface area contributed by atoms with Crippen molar-refractivity contribution in [3.05, 3.63) is 66.4 Å². The smallest absolute Gasteiger partial charge is 0.323 e. The minimum atomic E-state index is -4.40. The van der Waals surface area contributed by atoms with E-state index in [1.807, 2.05) is 12.1 Å². The lowest BCUT2D eigenvalue weighted by molar-refractivity contribution is -0.137. The Kier molecular flexibility index (Phi) is 4.94. The molecule has 0 aliphatic rings. The molecule has 3 aromatic rings. The normalized spacial score (nSPS) is 11.5. The van der Waals surface area contributed by atoms with Crippen LogP contribution in [0.4, 0.5) is 18.9 Å². The zero-order valence-corrected chi connectivity index (χ0v) is 13.7. The van der Waals surface area contributed by atoms with Crippen LogP contribution < -0.4 is 5.32 Å². The Bertz CT molecular complexity index is 907. The average molecular weight is 362 g/mol. The molecule has 128 valence electrons. The molecule has 0 fully saturated rings. The van der Waals surface area contributed by atoms with Gasteiger partial charge < -0.3 is 5.32 Å². The molecule has 0 spiro atoms. The lowest BCUT2D eigenvalue weighted by Gasteiger charge is -2.09. The maximum atomic E-state index is 12.7. The van der Waals surface area contributed by atoms with Gasteiger partial charge in [-0.2, -0.15) is 13.2 Å². The van der Waals surface area contributed by atoms with Gasteiger partial charge in [0.05, 0.1) is 22.5 Å².